The lowest BCUT2D eigenvalue weighted by Gasteiger charge is -2.50. The minimum atomic E-state index is -0.151. The fourth-order valence-corrected chi connectivity index (χ4v) is 14.6. The zero-order valence-electron chi connectivity index (χ0n) is 34.5. The first-order chi connectivity index (χ1) is 25.9. The molecule has 3 atom stereocenters. The van der Waals surface area contributed by atoms with E-state index in [9.17, 15) is 0 Å². The molecule has 1 spiro atoms. The fraction of sp³-hybridized carbons (Fsp3) is 0.529. The van der Waals surface area contributed by atoms with Gasteiger partial charge in [-0.1, -0.05) is 103 Å². The van der Waals surface area contributed by atoms with E-state index in [0.29, 0.717) is 18.0 Å². The van der Waals surface area contributed by atoms with E-state index in [2.05, 4.69) is 143 Å². The summed E-state index contributed by atoms with van der Waals surface area (Å²) >= 11 is 0. The van der Waals surface area contributed by atoms with Crippen molar-refractivity contribution >= 4 is 27.9 Å². The molecule has 7 aliphatic rings. The van der Waals surface area contributed by atoms with Crippen LogP contribution in [0.2, 0.25) is 0 Å². The van der Waals surface area contributed by atoms with Crippen molar-refractivity contribution < 1.29 is 9.14 Å². The SMILES string of the molecule is Cc1cccc2c1ccc1[n+]2C2(C)C(C)(c3ccc4c(c3-1)C(C)(C)C1=C4C(C)(C)c3ccccc31)C21N(C2CCCCC2)C(C(C)C)=[N+]1C1CCCCC1. The van der Waals surface area contributed by atoms with Crippen LogP contribution in [-0.4, -0.2) is 33.1 Å². The molecule has 3 aromatic carbocycles. The van der Waals surface area contributed by atoms with Crippen molar-refractivity contribution in [3.8, 4) is 11.3 Å². The summed E-state index contributed by atoms with van der Waals surface area (Å²) in [5.74, 6) is 2.16. The van der Waals surface area contributed by atoms with Crippen LogP contribution in [0.25, 0.3) is 33.3 Å². The molecule has 2 aliphatic heterocycles. The van der Waals surface area contributed by atoms with Gasteiger partial charge in [0.1, 0.15) is 12.1 Å². The molecule has 3 heterocycles. The zero-order chi connectivity index (χ0) is 37.3. The second-order valence-corrected chi connectivity index (χ2v) is 20.2. The average Bonchev–Trinajstić information content (AvgIpc) is 3.36. The van der Waals surface area contributed by atoms with E-state index in [1.165, 1.54) is 109 Å². The van der Waals surface area contributed by atoms with Crippen molar-refractivity contribution in [2.24, 2.45) is 5.92 Å². The molecular weight excluding hydrogens is 655 g/mol. The number of nitrogens with zero attached hydrogens (tertiary/aromatic N) is 3. The highest BCUT2D eigenvalue weighted by molar-refractivity contribution is 6.11. The molecular formula is C51H61N3+2. The van der Waals surface area contributed by atoms with Crippen molar-refractivity contribution in [1.82, 2.24) is 4.90 Å². The van der Waals surface area contributed by atoms with Crippen molar-refractivity contribution in [1.29, 1.82) is 0 Å². The Morgan fingerprint density at radius 1 is 0.667 bits per heavy atom. The van der Waals surface area contributed by atoms with Crippen molar-refractivity contribution in [3.63, 3.8) is 0 Å². The van der Waals surface area contributed by atoms with E-state index in [0.717, 1.165) is 0 Å². The van der Waals surface area contributed by atoms with Crippen LogP contribution in [0.1, 0.15) is 153 Å². The number of benzene rings is 3. The number of amidine groups is 1. The Labute approximate surface area is 324 Å². The first-order valence-electron chi connectivity index (χ1n) is 21.8. The molecule has 3 nitrogen and oxygen atoms in total. The summed E-state index contributed by atoms with van der Waals surface area (Å²) in [6.45, 7) is 22.8. The van der Waals surface area contributed by atoms with Crippen molar-refractivity contribution in [2.75, 3.05) is 0 Å². The van der Waals surface area contributed by atoms with Crippen LogP contribution in [0.15, 0.2) is 66.7 Å². The lowest BCUT2D eigenvalue weighted by molar-refractivity contribution is -0.771. The molecule has 1 aromatic heterocycles. The largest absolute Gasteiger partial charge is 0.327 e. The molecule has 0 N–H and O–H groups in total. The summed E-state index contributed by atoms with van der Waals surface area (Å²) in [6, 6.07) is 27.9. The van der Waals surface area contributed by atoms with E-state index in [1.54, 1.807) is 28.1 Å². The molecule has 54 heavy (non-hydrogen) atoms. The maximum absolute atomic E-state index is 3.13. The monoisotopic (exact) mass is 715 g/mol. The number of hydrogen-bond acceptors (Lipinski definition) is 1. The summed E-state index contributed by atoms with van der Waals surface area (Å²) < 4.78 is 6.07. The fourth-order valence-electron chi connectivity index (χ4n) is 14.6. The van der Waals surface area contributed by atoms with Crippen molar-refractivity contribution in [2.45, 2.75) is 166 Å². The van der Waals surface area contributed by atoms with Gasteiger partial charge >= 0.3 is 5.66 Å². The second-order valence-electron chi connectivity index (χ2n) is 20.2. The number of aryl methyl sites for hydroxylation is 1. The Morgan fingerprint density at radius 3 is 2.07 bits per heavy atom. The number of pyridine rings is 1. The van der Waals surface area contributed by atoms with Gasteiger partial charge in [0, 0.05) is 35.3 Å². The Bertz CT molecular complexity index is 2390. The van der Waals surface area contributed by atoms with Crippen molar-refractivity contribution in [3.05, 3.63) is 100 Å². The Balaban J connectivity index is 1.26. The van der Waals surface area contributed by atoms with Gasteiger partial charge in [-0.2, -0.15) is 4.57 Å². The van der Waals surface area contributed by atoms with Crippen LogP contribution in [0, 0.1) is 12.8 Å². The van der Waals surface area contributed by atoms with Crippen LogP contribution >= 0.6 is 0 Å². The molecule has 278 valence electrons. The first-order valence-corrected chi connectivity index (χ1v) is 21.8. The average molecular weight is 716 g/mol. The number of hydrogen-bond donors (Lipinski definition) is 0. The second kappa shape index (κ2) is 10.6. The molecule has 3 unspecified atom stereocenters. The predicted octanol–water partition coefficient (Wildman–Crippen LogP) is 11.3. The predicted molar refractivity (Wildman–Crippen MR) is 223 cm³/mol. The number of fused-ring (bicyclic) bond motifs is 15. The minimum Gasteiger partial charge on any atom is -0.213 e. The maximum Gasteiger partial charge on any atom is 0.327 e. The van der Waals surface area contributed by atoms with E-state index < -0.39 is 0 Å². The summed E-state index contributed by atoms with van der Waals surface area (Å²) in [4.78, 5) is 3.13. The summed E-state index contributed by atoms with van der Waals surface area (Å²) in [7, 11) is 0. The summed E-state index contributed by atoms with van der Waals surface area (Å²) in [5.41, 5.74) is 15.9. The third-order valence-electron chi connectivity index (χ3n) is 16.8. The van der Waals surface area contributed by atoms with Gasteiger partial charge in [0.2, 0.25) is 11.2 Å². The third-order valence-corrected chi connectivity index (χ3v) is 16.8. The highest BCUT2D eigenvalue weighted by Crippen LogP contribution is 2.79. The lowest BCUT2D eigenvalue weighted by atomic mass is 9.70. The topological polar surface area (TPSA) is 10.1 Å². The van der Waals surface area contributed by atoms with Gasteiger partial charge in [0.05, 0.1) is 11.5 Å². The molecule has 3 heteroatoms. The standard InChI is InChI=1S/C51H61N3/c1-31(2)46-52(33-20-12-10-13-21-33)51(53(46)34-22-14-11-15-23-34)49(8)39-29-27-37-43(48(6,7)44-36-24-16-17-25-38(36)47(4,5)45(37)44)42(39)41-30-28-35-32(3)19-18-26-40(35)54(41)50(49,51)9/h16-19,24-31,33-34H,10-15,20-23H2,1-9H3/q+2. The Morgan fingerprint density at radius 2 is 1.35 bits per heavy atom. The normalized spacial score (nSPS) is 30.3. The summed E-state index contributed by atoms with van der Waals surface area (Å²) in [6.07, 6.45) is 13.5. The van der Waals surface area contributed by atoms with E-state index in [1.807, 2.05) is 0 Å². The molecule has 0 amide bonds. The first kappa shape index (κ1) is 33.6. The Hall–Kier alpha value is -3.72. The molecule has 0 radical (unpaired) electrons. The van der Waals surface area contributed by atoms with Gasteiger partial charge < -0.3 is 0 Å². The van der Waals surface area contributed by atoms with Gasteiger partial charge in [0.25, 0.3) is 11.4 Å². The van der Waals surface area contributed by atoms with Gasteiger partial charge in [-0.25, -0.2) is 9.48 Å². The number of rotatable bonds is 3. The third kappa shape index (κ3) is 3.47. The zero-order valence-corrected chi connectivity index (χ0v) is 34.5. The smallest absolute Gasteiger partial charge is 0.213 e. The molecule has 3 fully saturated rings. The van der Waals surface area contributed by atoms with Crippen LogP contribution in [0.5, 0.6) is 0 Å². The highest BCUT2D eigenvalue weighted by Gasteiger charge is 3.06. The van der Waals surface area contributed by atoms with E-state index in [-0.39, 0.29) is 27.4 Å². The van der Waals surface area contributed by atoms with Gasteiger partial charge in [0.15, 0.2) is 5.41 Å². The quantitative estimate of drug-likeness (QED) is 0.192. The summed E-state index contributed by atoms with van der Waals surface area (Å²) in [5, 5.41) is 1.40. The minimum absolute atomic E-state index is 0.0439. The lowest BCUT2D eigenvalue weighted by Crippen LogP contribution is -2.76. The van der Waals surface area contributed by atoms with Crippen LogP contribution < -0.4 is 4.57 Å². The molecule has 4 aromatic rings. The number of allylic oxidation sites excluding steroid dienone is 2. The number of aromatic nitrogens is 1. The van der Waals surface area contributed by atoms with Gasteiger partial charge in [-0.3, -0.25) is 0 Å². The Kier molecular flexibility index (Phi) is 6.57. The molecule has 0 bridgehead atoms. The molecule has 3 saturated carbocycles. The van der Waals surface area contributed by atoms with Crippen LogP contribution in [0.4, 0.5) is 0 Å². The molecule has 11 rings (SSSR count). The molecule has 0 saturated heterocycles. The van der Waals surface area contributed by atoms with E-state index in [4.69, 9.17) is 0 Å². The van der Waals surface area contributed by atoms with Crippen LogP contribution in [0.3, 0.4) is 0 Å². The maximum atomic E-state index is 3.13. The highest BCUT2D eigenvalue weighted by atomic mass is 15.6. The van der Waals surface area contributed by atoms with Gasteiger partial charge in [-0.15, -0.1) is 0 Å². The van der Waals surface area contributed by atoms with Crippen LogP contribution in [-0.2, 0) is 21.8 Å². The molecule has 5 aliphatic carbocycles. The van der Waals surface area contributed by atoms with E-state index >= 15 is 0 Å². The van der Waals surface area contributed by atoms with Gasteiger partial charge in [-0.05, 0) is 116 Å².